The molecule has 0 rings (SSSR count). The number of carbonyl (C=O) groups excluding carboxylic acids is 1. The Bertz CT molecular complexity index is 779. The lowest BCUT2D eigenvalue weighted by atomic mass is 10.0. The Labute approximate surface area is 285 Å². The molecule has 0 aromatic carbocycles. The summed E-state index contributed by atoms with van der Waals surface area (Å²) in [4.78, 5) is 23.3. The number of carbonyl (C=O) groups is 2. The molecule has 1 N–H and O–H groups in total. The number of unbranched alkanes of at least 4 members (excludes halogenated alkanes) is 18. The van der Waals surface area contributed by atoms with Gasteiger partial charge >= 0.3 is 11.9 Å². The number of ether oxygens (including phenoxy) is 1. The zero-order valence-electron chi connectivity index (χ0n) is 30.4. The maximum absolute atomic E-state index is 12.6. The predicted molar refractivity (Wildman–Crippen MR) is 199 cm³/mol. The van der Waals surface area contributed by atoms with E-state index in [1.807, 2.05) is 0 Å². The third-order valence-electron chi connectivity index (χ3n) is 8.55. The van der Waals surface area contributed by atoms with Crippen molar-refractivity contribution in [3.63, 3.8) is 0 Å². The van der Waals surface area contributed by atoms with Gasteiger partial charge in [-0.15, -0.1) is 0 Å². The lowest BCUT2D eigenvalue weighted by Gasteiger charge is -2.18. The number of aliphatic carboxylic acids is 1. The smallest absolute Gasteiger partial charge is 0.306 e. The van der Waals surface area contributed by atoms with Crippen molar-refractivity contribution in [1.29, 1.82) is 0 Å². The van der Waals surface area contributed by atoms with Crippen LogP contribution >= 0.6 is 0 Å². The number of esters is 1. The summed E-state index contributed by atoms with van der Waals surface area (Å²) in [5.41, 5.74) is 0. The second-order valence-corrected chi connectivity index (χ2v) is 13.1. The first kappa shape index (κ1) is 43.9. The van der Waals surface area contributed by atoms with Crippen LogP contribution in [0.1, 0.15) is 200 Å². The third-order valence-corrected chi connectivity index (χ3v) is 8.55. The molecule has 0 aliphatic carbocycles. The van der Waals surface area contributed by atoms with E-state index in [1.54, 1.807) is 0 Å². The molecule has 0 bridgehead atoms. The zero-order valence-corrected chi connectivity index (χ0v) is 30.4. The van der Waals surface area contributed by atoms with Crippen molar-refractivity contribution in [2.45, 2.75) is 206 Å². The highest BCUT2D eigenvalue weighted by atomic mass is 16.5. The molecule has 1 unspecified atom stereocenters. The fraction of sp³-hybridized carbons (Fsp3) is 0.762. The molecule has 0 heterocycles. The second kappa shape index (κ2) is 37.4. The highest BCUT2D eigenvalue weighted by Crippen LogP contribution is 2.18. The largest absolute Gasteiger partial charge is 0.481 e. The van der Waals surface area contributed by atoms with Crippen LogP contribution in [0.25, 0.3) is 0 Å². The van der Waals surface area contributed by atoms with E-state index >= 15 is 0 Å². The summed E-state index contributed by atoms with van der Waals surface area (Å²) >= 11 is 0. The fourth-order valence-corrected chi connectivity index (χ4v) is 5.65. The Hall–Kier alpha value is -2.10. The van der Waals surface area contributed by atoms with Gasteiger partial charge in [0.25, 0.3) is 0 Å². The van der Waals surface area contributed by atoms with Crippen molar-refractivity contribution in [2.24, 2.45) is 0 Å². The van der Waals surface area contributed by atoms with Gasteiger partial charge in [-0.1, -0.05) is 159 Å². The molecular formula is C42H74O4. The van der Waals surface area contributed by atoms with E-state index < -0.39 is 5.97 Å². The van der Waals surface area contributed by atoms with Gasteiger partial charge in [-0.3, -0.25) is 9.59 Å². The average molecular weight is 643 g/mol. The molecule has 0 aromatic rings. The summed E-state index contributed by atoms with van der Waals surface area (Å²) < 4.78 is 5.97. The Morgan fingerprint density at radius 2 is 0.870 bits per heavy atom. The topological polar surface area (TPSA) is 63.6 Å². The molecule has 4 heteroatoms. The van der Waals surface area contributed by atoms with Gasteiger partial charge in [0.2, 0.25) is 0 Å². The first-order valence-electron chi connectivity index (χ1n) is 19.6. The highest BCUT2D eigenvalue weighted by Gasteiger charge is 2.14. The minimum absolute atomic E-state index is 0.0293. The number of carboxylic acids is 1. The van der Waals surface area contributed by atoms with E-state index in [4.69, 9.17) is 9.84 Å². The number of allylic oxidation sites excluding steroid dienone is 8. The number of hydrogen-bond acceptors (Lipinski definition) is 3. The van der Waals surface area contributed by atoms with Crippen LogP contribution in [0, 0.1) is 0 Å². The molecular weight excluding hydrogens is 568 g/mol. The van der Waals surface area contributed by atoms with Gasteiger partial charge < -0.3 is 9.84 Å². The van der Waals surface area contributed by atoms with Crippen molar-refractivity contribution >= 4 is 11.9 Å². The van der Waals surface area contributed by atoms with E-state index in [2.05, 4.69) is 62.5 Å². The number of carboxylic acid groups (broad SMARTS) is 1. The van der Waals surface area contributed by atoms with E-state index in [9.17, 15) is 9.59 Å². The van der Waals surface area contributed by atoms with Gasteiger partial charge in [0.15, 0.2) is 0 Å². The van der Waals surface area contributed by atoms with Crippen molar-refractivity contribution in [2.75, 3.05) is 0 Å². The Morgan fingerprint density at radius 1 is 0.478 bits per heavy atom. The maximum Gasteiger partial charge on any atom is 0.306 e. The lowest BCUT2D eigenvalue weighted by molar-refractivity contribution is -0.150. The molecule has 46 heavy (non-hydrogen) atoms. The molecule has 0 radical (unpaired) electrons. The van der Waals surface area contributed by atoms with Gasteiger partial charge in [0.1, 0.15) is 6.10 Å². The molecule has 0 aliphatic heterocycles. The molecule has 0 aromatic heterocycles. The number of rotatable bonds is 35. The van der Waals surface area contributed by atoms with Crippen molar-refractivity contribution in [1.82, 2.24) is 0 Å². The maximum atomic E-state index is 12.6. The number of hydrogen-bond donors (Lipinski definition) is 1. The van der Waals surface area contributed by atoms with Crippen molar-refractivity contribution in [3.8, 4) is 0 Å². The van der Waals surface area contributed by atoms with Crippen LogP contribution in [-0.4, -0.2) is 23.1 Å². The summed E-state index contributed by atoms with van der Waals surface area (Å²) in [6.07, 6.45) is 49.8. The Balaban J connectivity index is 4.15. The fourth-order valence-electron chi connectivity index (χ4n) is 5.65. The Kier molecular flexibility index (Phi) is 35.7. The van der Waals surface area contributed by atoms with Gasteiger partial charge in [0.05, 0.1) is 0 Å². The normalized spacial score (nSPS) is 12.7. The standard InChI is InChI=1S/C42H74O4/c1-3-5-7-9-11-13-15-16-17-18-19-20-22-24-26-31-35-39-42(45)46-40(37-33-29-27-30-34-38-41(43)44)36-32-28-25-23-21-14-12-10-8-6-4-2/h11,13,16-17,19-20,24,26,40H,3-10,12,14-15,18,21-23,25,27-39H2,1-2H3,(H,43,44)/b13-11-,17-16-,20-19-,26-24-. The van der Waals surface area contributed by atoms with E-state index in [-0.39, 0.29) is 18.5 Å². The monoisotopic (exact) mass is 643 g/mol. The van der Waals surface area contributed by atoms with E-state index in [1.165, 1.54) is 89.9 Å². The summed E-state index contributed by atoms with van der Waals surface area (Å²) in [6.45, 7) is 4.51. The van der Waals surface area contributed by atoms with Crippen LogP contribution < -0.4 is 0 Å². The van der Waals surface area contributed by atoms with Crippen LogP contribution in [0.4, 0.5) is 0 Å². The molecule has 0 spiro atoms. The molecule has 0 amide bonds. The molecule has 0 saturated carbocycles. The van der Waals surface area contributed by atoms with Crippen molar-refractivity contribution < 1.29 is 19.4 Å². The summed E-state index contributed by atoms with van der Waals surface area (Å²) in [5, 5.41) is 8.81. The third kappa shape index (κ3) is 36.4. The molecule has 0 aliphatic rings. The first-order chi connectivity index (χ1) is 22.6. The first-order valence-corrected chi connectivity index (χ1v) is 19.6. The van der Waals surface area contributed by atoms with Crippen molar-refractivity contribution in [3.05, 3.63) is 48.6 Å². The molecule has 1 atom stereocenters. The zero-order chi connectivity index (χ0) is 33.6. The quantitative estimate of drug-likeness (QED) is 0.0424. The van der Waals surface area contributed by atoms with E-state index in [0.717, 1.165) is 83.5 Å². The molecule has 0 fully saturated rings. The summed E-state index contributed by atoms with van der Waals surface area (Å²) in [5.74, 6) is -0.757. The Morgan fingerprint density at radius 3 is 1.35 bits per heavy atom. The molecule has 0 saturated heterocycles. The van der Waals surface area contributed by atoms with Gasteiger partial charge in [-0.2, -0.15) is 0 Å². The van der Waals surface area contributed by atoms with Gasteiger partial charge in [-0.25, -0.2) is 0 Å². The average Bonchev–Trinajstić information content (AvgIpc) is 3.04. The van der Waals surface area contributed by atoms with Crippen LogP contribution in [-0.2, 0) is 14.3 Å². The van der Waals surface area contributed by atoms with Gasteiger partial charge in [0, 0.05) is 12.8 Å². The van der Waals surface area contributed by atoms with E-state index in [0.29, 0.717) is 6.42 Å². The van der Waals surface area contributed by atoms with Gasteiger partial charge in [-0.05, 0) is 77.0 Å². The lowest BCUT2D eigenvalue weighted by Crippen LogP contribution is -2.18. The highest BCUT2D eigenvalue weighted by molar-refractivity contribution is 5.69. The summed E-state index contributed by atoms with van der Waals surface area (Å²) in [6, 6.07) is 0. The van der Waals surface area contributed by atoms with Crippen LogP contribution in [0.3, 0.4) is 0 Å². The molecule has 266 valence electrons. The van der Waals surface area contributed by atoms with Crippen LogP contribution in [0.15, 0.2) is 48.6 Å². The SMILES string of the molecule is CCCCC/C=C\C/C=C\C/C=C\C/C=C\CCCC(=O)OC(CCCCCCCCCCCCC)CCCCCCCC(=O)O. The summed E-state index contributed by atoms with van der Waals surface area (Å²) in [7, 11) is 0. The minimum Gasteiger partial charge on any atom is -0.481 e. The van der Waals surface area contributed by atoms with Crippen LogP contribution in [0.5, 0.6) is 0 Å². The molecule has 4 nitrogen and oxygen atoms in total. The predicted octanol–water partition coefficient (Wildman–Crippen LogP) is 13.6. The van der Waals surface area contributed by atoms with Crippen LogP contribution in [0.2, 0.25) is 0 Å². The minimum atomic E-state index is -0.707. The second-order valence-electron chi connectivity index (χ2n) is 13.1.